The number of benzene rings is 1. The smallest absolute Gasteiger partial charge is 0.223 e. The number of rotatable bonds is 5. The Morgan fingerprint density at radius 2 is 2.08 bits per heavy atom. The Labute approximate surface area is 147 Å². The molecule has 0 saturated carbocycles. The van der Waals surface area contributed by atoms with Crippen molar-refractivity contribution in [3.8, 4) is 11.3 Å². The Bertz CT molecular complexity index is 729. The van der Waals surface area contributed by atoms with Gasteiger partial charge in [0.2, 0.25) is 5.91 Å². The van der Waals surface area contributed by atoms with Crippen LogP contribution in [-0.2, 0) is 4.79 Å². The Kier molecular flexibility index (Phi) is 5.58. The topological polar surface area (TPSA) is 58.1 Å². The van der Waals surface area contributed by atoms with Crippen molar-refractivity contribution in [2.45, 2.75) is 26.2 Å². The molecule has 25 heavy (non-hydrogen) atoms. The summed E-state index contributed by atoms with van der Waals surface area (Å²) in [5, 5.41) is 2.97. The van der Waals surface area contributed by atoms with Crippen molar-refractivity contribution in [1.82, 2.24) is 15.3 Å². The molecule has 3 rings (SSSR count). The van der Waals surface area contributed by atoms with Gasteiger partial charge in [-0.15, -0.1) is 0 Å². The number of nitrogens with zero attached hydrogens (tertiary/aromatic N) is 3. The predicted molar refractivity (Wildman–Crippen MR) is 95.7 cm³/mol. The molecule has 0 spiro atoms. The second-order valence-corrected chi connectivity index (χ2v) is 6.32. The molecule has 5 nitrogen and oxygen atoms in total. The molecule has 132 valence electrons. The van der Waals surface area contributed by atoms with Crippen LogP contribution in [0.3, 0.4) is 0 Å². The van der Waals surface area contributed by atoms with Crippen LogP contribution >= 0.6 is 0 Å². The van der Waals surface area contributed by atoms with Gasteiger partial charge in [-0.25, -0.2) is 14.4 Å². The zero-order valence-electron chi connectivity index (χ0n) is 14.4. The average Bonchev–Trinajstić information content (AvgIpc) is 2.66. The summed E-state index contributed by atoms with van der Waals surface area (Å²) in [6.07, 6.45) is 4.09. The number of aromatic nitrogens is 2. The second kappa shape index (κ2) is 8.05. The van der Waals surface area contributed by atoms with E-state index in [1.165, 1.54) is 18.5 Å². The van der Waals surface area contributed by atoms with Crippen molar-refractivity contribution in [2.24, 2.45) is 5.92 Å². The third-order valence-corrected chi connectivity index (χ3v) is 4.51. The molecule has 6 heteroatoms. The van der Waals surface area contributed by atoms with Gasteiger partial charge >= 0.3 is 0 Å². The molecule has 1 fully saturated rings. The molecule has 2 aromatic rings. The minimum Gasteiger partial charge on any atom is -0.356 e. The highest BCUT2D eigenvalue weighted by Gasteiger charge is 2.25. The van der Waals surface area contributed by atoms with E-state index in [0.29, 0.717) is 5.69 Å². The van der Waals surface area contributed by atoms with E-state index in [1.807, 2.05) is 19.1 Å². The van der Waals surface area contributed by atoms with Crippen LogP contribution < -0.4 is 10.2 Å². The normalized spacial score (nSPS) is 15.2. The van der Waals surface area contributed by atoms with Crippen LogP contribution in [0.4, 0.5) is 10.2 Å². The van der Waals surface area contributed by atoms with Crippen LogP contribution in [0.2, 0.25) is 0 Å². The zero-order valence-corrected chi connectivity index (χ0v) is 14.4. The Morgan fingerprint density at radius 3 is 2.80 bits per heavy atom. The fraction of sp³-hybridized carbons (Fsp3) is 0.421. The number of hydrogen-bond acceptors (Lipinski definition) is 4. The van der Waals surface area contributed by atoms with E-state index in [2.05, 4.69) is 20.2 Å². The number of anilines is 1. The quantitative estimate of drug-likeness (QED) is 0.907. The fourth-order valence-electron chi connectivity index (χ4n) is 3.09. The van der Waals surface area contributed by atoms with Crippen molar-refractivity contribution in [3.63, 3.8) is 0 Å². The summed E-state index contributed by atoms with van der Waals surface area (Å²) in [5.41, 5.74) is 1.43. The molecule has 0 radical (unpaired) electrons. The van der Waals surface area contributed by atoms with Gasteiger partial charge in [0.25, 0.3) is 0 Å². The lowest BCUT2D eigenvalue weighted by molar-refractivity contribution is -0.125. The number of nitrogens with one attached hydrogen (secondary N) is 1. The van der Waals surface area contributed by atoms with Gasteiger partial charge in [0.15, 0.2) is 0 Å². The lowest BCUT2D eigenvalue weighted by atomic mass is 9.96. The molecular weight excluding hydrogens is 319 g/mol. The molecule has 1 saturated heterocycles. The van der Waals surface area contributed by atoms with Crippen molar-refractivity contribution in [3.05, 3.63) is 42.5 Å². The Morgan fingerprint density at radius 1 is 1.28 bits per heavy atom. The molecule has 1 aliphatic heterocycles. The molecular formula is C19H23FN4O. The summed E-state index contributed by atoms with van der Waals surface area (Å²) in [6.45, 7) is 4.35. The Hall–Kier alpha value is -2.50. The monoisotopic (exact) mass is 342 g/mol. The van der Waals surface area contributed by atoms with Crippen molar-refractivity contribution in [2.75, 3.05) is 24.5 Å². The van der Waals surface area contributed by atoms with Crippen LogP contribution in [0.1, 0.15) is 26.2 Å². The summed E-state index contributed by atoms with van der Waals surface area (Å²) in [4.78, 5) is 22.8. The fourth-order valence-corrected chi connectivity index (χ4v) is 3.09. The molecule has 0 unspecified atom stereocenters. The van der Waals surface area contributed by atoms with Crippen molar-refractivity contribution in [1.29, 1.82) is 0 Å². The van der Waals surface area contributed by atoms with Crippen LogP contribution in [0.15, 0.2) is 36.7 Å². The van der Waals surface area contributed by atoms with Gasteiger partial charge in [-0.2, -0.15) is 0 Å². The van der Waals surface area contributed by atoms with Crippen molar-refractivity contribution < 1.29 is 9.18 Å². The Balaban J connectivity index is 1.66. The summed E-state index contributed by atoms with van der Waals surface area (Å²) in [5.74, 6) is 0.773. The molecule has 1 aliphatic rings. The maximum Gasteiger partial charge on any atom is 0.223 e. The summed E-state index contributed by atoms with van der Waals surface area (Å²) in [6, 6.07) is 8.27. The molecule has 1 N–H and O–H groups in total. The van der Waals surface area contributed by atoms with Crippen LogP contribution in [0.25, 0.3) is 11.3 Å². The first-order valence-corrected chi connectivity index (χ1v) is 8.78. The third-order valence-electron chi connectivity index (χ3n) is 4.51. The average molecular weight is 342 g/mol. The highest BCUT2D eigenvalue weighted by Crippen LogP contribution is 2.25. The van der Waals surface area contributed by atoms with E-state index >= 15 is 0 Å². The first-order valence-electron chi connectivity index (χ1n) is 8.78. The number of amides is 1. The minimum atomic E-state index is -0.281. The molecule has 0 bridgehead atoms. The van der Waals surface area contributed by atoms with Crippen LogP contribution in [0, 0.1) is 11.7 Å². The standard InChI is InChI=1S/C19H23FN4O/c1-2-8-21-19(25)14-6-9-24(10-7-14)18-12-17(22-13-23-18)15-4-3-5-16(20)11-15/h3-5,11-14H,2,6-10H2,1H3,(H,21,25). The highest BCUT2D eigenvalue weighted by molar-refractivity contribution is 5.79. The van der Waals surface area contributed by atoms with Crippen molar-refractivity contribution >= 4 is 11.7 Å². The zero-order chi connectivity index (χ0) is 17.6. The SMILES string of the molecule is CCCNC(=O)C1CCN(c2cc(-c3cccc(F)c3)ncn2)CC1. The first kappa shape index (κ1) is 17.3. The molecule has 0 atom stereocenters. The minimum absolute atomic E-state index is 0.0762. The number of halogens is 1. The number of carbonyl (C=O) groups excluding carboxylic acids is 1. The van der Waals surface area contributed by atoms with Gasteiger partial charge < -0.3 is 10.2 Å². The molecule has 2 heterocycles. The number of carbonyl (C=O) groups is 1. The van der Waals surface area contributed by atoms with Gasteiger partial charge in [-0.05, 0) is 31.4 Å². The van der Waals surface area contributed by atoms with Gasteiger partial charge in [-0.1, -0.05) is 19.1 Å². The first-order chi connectivity index (χ1) is 12.2. The summed E-state index contributed by atoms with van der Waals surface area (Å²) in [7, 11) is 0. The van der Waals surface area contributed by atoms with E-state index in [1.54, 1.807) is 6.07 Å². The molecule has 1 amide bonds. The van der Waals surface area contributed by atoms with E-state index in [4.69, 9.17) is 0 Å². The predicted octanol–water partition coefficient (Wildman–Crippen LogP) is 3.03. The number of hydrogen-bond donors (Lipinski definition) is 1. The number of piperidine rings is 1. The third kappa shape index (κ3) is 4.32. The highest BCUT2D eigenvalue weighted by atomic mass is 19.1. The van der Waals surface area contributed by atoms with E-state index in [-0.39, 0.29) is 17.6 Å². The molecule has 1 aromatic carbocycles. The van der Waals surface area contributed by atoms with Gasteiger partial charge in [0.05, 0.1) is 5.69 Å². The van der Waals surface area contributed by atoms with Gasteiger partial charge in [0, 0.05) is 37.2 Å². The maximum absolute atomic E-state index is 13.4. The summed E-state index contributed by atoms with van der Waals surface area (Å²) < 4.78 is 13.4. The van der Waals surface area contributed by atoms with Gasteiger partial charge in [0.1, 0.15) is 18.0 Å². The van der Waals surface area contributed by atoms with Crippen LogP contribution in [-0.4, -0.2) is 35.5 Å². The van der Waals surface area contributed by atoms with E-state index < -0.39 is 0 Å². The van der Waals surface area contributed by atoms with E-state index in [0.717, 1.165) is 50.3 Å². The van der Waals surface area contributed by atoms with Gasteiger partial charge in [-0.3, -0.25) is 4.79 Å². The lowest BCUT2D eigenvalue weighted by Gasteiger charge is -2.32. The van der Waals surface area contributed by atoms with Crippen LogP contribution in [0.5, 0.6) is 0 Å². The molecule has 0 aliphatic carbocycles. The second-order valence-electron chi connectivity index (χ2n) is 6.32. The largest absolute Gasteiger partial charge is 0.356 e. The lowest BCUT2D eigenvalue weighted by Crippen LogP contribution is -2.41. The maximum atomic E-state index is 13.4. The summed E-state index contributed by atoms with van der Waals surface area (Å²) >= 11 is 0. The van der Waals surface area contributed by atoms with E-state index in [9.17, 15) is 9.18 Å². The molecule has 1 aromatic heterocycles.